The van der Waals surface area contributed by atoms with E-state index in [0.29, 0.717) is 40.7 Å². The molecule has 0 fully saturated rings. The average molecular weight is 501 g/mol. The number of benzene rings is 2. The van der Waals surface area contributed by atoms with Crippen LogP contribution in [-0.4, -0.2) is 24.3 Å². The van der Waals surface area contributed by atoms with Gasteiger partial charge in [0.05, 0.1) is 35.4 Å². The number of aromatic nitrogens is 4. The Kier molecular flexibility index (Phi) is 6.64. The van der Waals surface area contributed by atoms with Crippen molar-refractivity contribution in [2.75, 3.05) is 5.32 Å². The molecule has 5 rings (SSSR count). The molecule has 36 heavy (non-hydrogen) atoms. The van der Waals surface area contributed by atoms with Gasteiger partial charge in [-0.3, -0.25) is 0 Å². The van der Waals surface area contributed by atoms with Crippen LogP contribution in [-0.2, 0) is 20.1 Å². The van der Waals surface area contributed by atoms with Crippen molar-refractivity contribution < 1.29 is 8.99 Å². The summed E-state index contributed by atoms with van der Waals surface area (Å²) in [4.78, 5) is 4.86. The standard InChI is InChI=1S/C27H25FN6OS/c1-18(23-10-6-12-33(23)2)29-15-19-7-5-8-20(13-19)16-30-26-14-22(21-9-3-4-11-24(21)35)32-27-25(36-28)17-31-34(26)27/h3-14,17,29-30,35H,1,15-16H2,2H3. The molecule has 0 saturated heterocycles. The van der Waals surface area contributed by atoms with Crippen LogP contribution in [0.15, 0.2) is 90.6 Å². The van der Waals surface area contributed by atoms with E-state index in [4.69, 9.17) is 0 Å². The summed E-state index contributed by atoms with van der Waals surface area (Å²) < 4.78 is 17.1. The van der Waals surface area contributed by atoms with Gasteiger partial charge in [-0.15, -0.1) is 0 Å². The smallest absolute Gasteiger partial charge is 0.174 e. The van der Waals surface area contributed by atoms with E-state index >= 15 is 0 Å². The molecule has 0 aliphatic heterocycles. The van der Waals surface area contributed by atoms with Gasteiger partial charge in [0.15, 0.2) is 5.65 Å². The molecule has 3 N–H and O–H groups in total. The van der Waals surface area contributed by atoms with E-state index in [0.717, 1.165) is 22.5 Å². The number of halogens is 1. The van der Waals surface area contributed by atoms with Crippen LogP contribution in [0.25, 0.3) is 22.6 Å². The molecule has 0 saturated carbocycles. The highest BCUT2D eigenvalue weighted by Gasteiger charge is 2.15. The molecule has 0 amide bonds. The first-order valence-electron chi connectivity index (χ1n) is 11.4. The van der Waals surface area contributed by atoms with E-state index in [1.165, 1.54) is 6.20 Å². The molecule has 0 aliphatic carbocycles. The number of anilines is 1. The molecule has 0 spiro atoms. The first-order chi connectivity index (χ1) is 17.5. The highest BCUT2D eigenvalue weighted by atomic mass is 32.2. The molecule has 5 aromatic rings. The predicted octanol–water partition coefficient (Wildman–Crippen LogP) is 5.79. The van der Waals surface area contributed by atoms with Crippen LogP contribution in [0.1, 0.15) is 16.8 Å². The molecular weight excluding hydrogens is 475 g/mol. The number of fused-ring (bicyclic) bond motifs is 1. The van der Waals surface area contributed by atoms with Gasteiger partial charge in [-0.1, -0.05) is 43.0 Å². The molecule has 182 valence electrons. The molecule has 3 aromatic heterocycles. The second-order valence-corrected chi connectivity index (χ2v) is 8.97. The van der Waals surface area contributed by atoms with Crippen molar-refractivity contribution >= 4 is 29.3 Å². The minimum atomic E-state index is 0.0940. The number of hydrogen-bond donors (Lipinski definition) is 3. The molecule has 0 radical (unpaired) electrons. The lowest BCUT2D eigenvalue weighted by Crippen LogP contribution is -2.13. The number of nitrogens with zero attached hydrogens (tertiary/aromatic N) is 4. The fourth-order valence-corrected chi connectivity index (χ4v) is 4.36. The molecule has 3 heterocycles. The summed E-state index contributed by atoms with van der Waals surface area (Å²) in [5, 5.41) is 21.4. The SMILES string of the molecule is C=C(NCc1cccc(CNc2cc(-c3ccccc3O)nc3c(SF)cnn23)c1)c1cccn1C. The Balaban J connectivity index is 1.36. The molecule has 0 aliphatic rings. The Morgan fingerprint density at radius 1 is 1.06 bits per heavy atom. The van der Waals surface area contributed by atoms with Crippen molar-refractivity contribution in [3.05, 3.63) is 103 Å². The second-order valence-electron chi connectivity index (χ2n) is 8.38. The van der Waals surface area contributed by atoms with E-state index in [-0.39, 0.29) is 17.9 Å². The number of aromatic hydroxyl groups is 1. The van der Waals surface area contributed by atoms with Gasteiger partial charge in [-0.05, 0) is 35.4 Å². The zero-order valence-corrected chi connectivity index (χ0v) is 20.5. The maximum absolute atomic E-state index is 13.5. The summed E-state index contributed by atoms with van der Waals surface area (Å²) in [6.07, 6.45) is 3.43. The maximum atomic E-state index is 13.5. The Labute approximate surface area is 212 Å². The van der Waals surface area contributed by atoms with Gasteiger partial charge in [-0.25, -0.2) is 4.98 Å². The minimum absolute atomic E-state index is 0.0940. The Bertz CT molecular complexity index is 1540. The van der Waals surface area contributed by atoms with Gasteiger partial charge in [0.2, 0.25) is 0 Å². The number of phenolic OH excluding ortho intramolecular Hbond substituents is 1. The van der Waals surface area contributed by atoms with Gasteiger partial charge in [0.1, 0.15) is 16.5 Å². The van der Waals surface area contributed by atoms with Crippen molar-refractivity contribution in [2.24, 2.45) is 7.05 Å². The molecule has 0 unspecified atom stereocenters. The summed E-state index contributed by atoms with van der Waals surface area (Å²) in [5.41, 5.74) is 5.56. The van der Waals surface area contributed by atoms with Crippen LogP contribution in [0.3, 0.4) is 0 Å². The highest BCUT2D eigenvalue weighted by molar-refractivity contribution is 7.94. The average Bonchev–Trinajstić information content (AvgIpc) is 3.52. The Morgan fingerprint density at radius 3 is 2.61 bits per heavy atom. The van der Waals surface area contributed by atoms with Crippen LogP contribution in [0.4, 0.5) is 9.70 Å². The van der Waals surface area contributed by atoms with Crippen molar-refractivity contribution in [3.8, 4) is 17.0 Å². The monoisotopic (exact) mass is 500 g/mol. The third kappa shape index (κ3) is 4.78. The van der Waals surface area contributed by atoms with Crippen molar-refractivity contribution in [1.29, 1.82) is 0 Å². The van der Waals surface area contributed by atoms with Crippen LogP contribution in [0.2, 0.25) is 0 Å². The lowest BCUT2D eigenvalue weighted by atomic mass is 10.1. The third-order valence-electron chi connectivity index (χ3n) is 5.93. The van der Waals surface area contributed by atoms with Crippen LogP contribution in [0, 0.1) is 0 Å². The second kappa shape index (κ2) is 10.2. The maximum Gasteiger partial charge on any atom is 0.174 e. The summed E-state index contributed by atoms with van der Waals surface area (Å²) >= 11 is 0.0940. The summed E-state index contributed by atoms with van der Waals surface area (Å²) in [6.45, 7) is 5.30. The molecule has 7 nitrogen and oxygen atoms in total. The lowest BCUT2D eigenvalue weighted by molar-refractivity contribution is 0.477. The van der Waals surface area contributed by atoms with Gasteiger partial charge in [0, 0.05) is 38.0 Å². The zero-order valence-electron chi connectivity index (χ0n) is 19.6. The number of aryl methyl sites for hydroxylation is 1. The fourth-order valence-electron chi connectivity index (χ4n) is 4.07. The highest BCUT2D eigenvalue weighted by Crippen LogP contribution is 2.32. The van der Waals surface area contributed by atoms with Gasteiger partial charge in [-0.2, -0.15) is 13.5 Å². The van der Waals surface area contributed by atoms with Gasteiger partial charge in [0.25, 0.3) is 0 Å². The number of hydrogen-bond acceptors (Lipinski definition) is 6. The number of rotatable bonds is 9. The van der Waals surface area contributed by atoms with E-state index in [2.05, 4.69) is 39.4 Å². The molecule has 0 bridgehead atoms. The van der Waals surface area contributed by atoms with Crippen LogP contribution < -0.4 is 10.6 Å². The molecule has 9 heteroatoms. The molecular formula is C27H25FN6OS. The number of para-hydroxylation sites is 1. The van der Waals surface area contributed by atoms with E-state index < -0.39 is 0 Å². The molecule has 2 aromatic carbocycles. The lowest BCUT2D eigenvalue weighted by Gasteiger charge is -2.13. The summed E-state index contributed by atoms with van der Waals surface area (Å²) in [6, 6.07) is 21.0. The van der Waals surface area contributed by atoms with Crippen molar-refractivity contribution in [1.82, 2.24) is 24.5 Å². The molecule has 0 atom stereocenters. The third-order valence-corrected chi connectivity index (χ3v) is 6.38. The summed E-state index contributed by atoms with van der Waals surface area (Å²) in [7, 11) is 1.99. The first kappa shape index (κ1) is 23.5. The fraction of sp³-hybridized carbons (Fsp3) is 0.111. The number of nitrogens with one attached hydrogen (secondary N) is 2. The van der Waals surface area contributed by atoms with Crippen molar-refractivity contribution in [3.63, 3.8) is 0 Å². The Hall–Kier alpha value is -4.24. The quantitative estimate of drug-likeness (QED) is 0.238. The largest absolute Gasteiger partial charge is 0.507 e. The van der Waals surface area contributed by atoms with Gasteiger partial charge >= 0.3 is 0 Å². The topological polar surface area (TPSA) is 79.4 Å². The van der Waals surface area contributed by atoms with Crippen LogP contribution in [0.5, 0.6) is 5.75 Å². The van der Waals surface area contributed by atoms with E-state index in [1.807, 2.05) is 48.1 Å². The minimum Gasteiger partial charge on any atom is -0.507 e. The normalized spacial score (nSPS) is 11.1. The van der Waals surface area contributed by atoms with Crippen LogP contribution >= 0.6 is 12.1 Å². The van der Waals surface area contributed by atoms with E-state index in [1.54, 1.807) is 28.8 Å². The zero-order chi connectivity index (χ0) is 25.1. The van der Waals surface area contributed by atoms with Crippen molar-refractivity contribution in [2.45, 2.75) is 18.0 Å². The van der Waals surface area contributed by atoms with Gasteiger partial charge < -0.3 is 20.3 Å². The predicted molar refractivity (Wildman–Crippen MR) is 142 cm³/mol. The summed E-state index contributed by atoms with van der Waals surface area (Å²) in [5.74, 6) is 0.741. The first-order valence-corrected chi connectivity index (χ1v) is 12.1. The Morgan fingerprint density at radius 2 is 1.86 bits per heavy atom. The number of phenols is 1. The van der Waals surface area contributed by atoms with E-state index in [9.17, 15) is 8.99 Å².